The molecule has 0 radical (unpaired) electrons. The number of alkyl halides is 2. The van der Waals surface area contributed by atoms with Crippen molar-refractivity contribution in [3.63, 3.8) is 0 Å². The van der Waals surface area contributed by atoms with Crippen LogP contribution in [0.5, 0.6) is 0 Å². The van der Waals surface area contributed by atoms with Crippen LogP contribution in [0.15, 0.2) is 29.2 Å². The summed E-state index contributed by atoms with van der Waals surface area (Å²) in [4.78, 5) is 11.3. The molecule has 0 saturated carbocycles. The number of carbonyl (C=O) groups excluding carboxylic acids is 1. The maximum absolute atomic E-state index is 12.2. The Morgan fingerprint density at radius 1 is 1.50 bits per heavy atom. The Kier molecular flexibility index (Phi) is 5.04. The van der Waals surface area contributed by atoms with Crippen LogP contribution in [-0.4, -0.2) is 25.4 Å². The van der Waals surface area contributed by atoms with Crippen LogP contribution in [0.2, 0.25) is 0 Å². The molecule has 0 spiro atoms. The smallest absolute Gasteiger partial charge is 0.325 e. The van der Waals surface area contributed by atoms with Crippen LogP contribution in [0.3, 0.4) is 0 Å². The first-order valence-corrected chi connectivity index (χ1v) is 5.36. The summed E-state index contributed by atoms with van der Waals surface area (Å²) in [5, 5.41) is 2.74. The molecule has 0 fully saturated rings. The van der Waals surface area contributed by atoms with E-state index in [1.807, 2.05) is 0 Å². The molecule has 3 nitrogen and oxygen atoms in total. The molecule has 0 bridgehead atoms. The molecular weight excluding hydrogens is 236 g/mol. The van der Waals surface area contributed by atoms with Crippen molar-refractivity contribution in [3.05, 3.63) is 24.3 Å². The van der Waals surface area contributed by atoms with Crippen molar-refractivity contribution in [2.75, 3.05) is 19.0 Å². The van der Waals surface area contributed by atoms with E-state index in [1.165, 1.54) is 7.11 Å². The van der Waals surface area contributed by atoms with Gasteiger partial charge in [0.2, 0.25) is 0 Å². The van der Waals surface area contributed by atoms with Gasteiger partial charge in [-0.15, -0.1) is 0 Å². The first-order valence-electron chi connectivity index (χ1n) is 4.48. The number of hydrogen-bond acceptors (Lipinski definition) is 4. The fraction of sp³-hybridized carbons (Fsp3) is 0.300. The number of carbonyl (C=O) groups is 1. The van der Waals surface area contributed by atoms with Gasteiger partial charge in [-0.3, -0.25) is 4.79 Å². The zero-order chi connectivity index (χ0) is 12.0. The second kappa shape index (κ2) is 6.32. The van der Waals surface area contributed by atoms with E-state index < -0.39 is 11.7 Å². The molecule has 0 aliphatic rings. The van der Waals surface area contributed by atoms with E-state index in [-0.39, 0.29) is 6.54 Å². The summed E-state index contributed by atoms with van der Waals surface area (Å²) in [6.07, 6.45) is 0. The van der Waals surface area contributed by atoms with E-state index in [9.17, 15) is 13.6 Å². The number of thioether (sulfide) groups is 1. The molecule has 1 aromatic carbocycles. The molecule has 0 unspecified atom stereocenters. The van der Waals surface area contributed by atoms with Crippen LogP contribution in [0.4, 0.5) is 14.5 Å². The van der Waals surface area contributed by atoms with E-state index in [0.29, 0.717) is 22.3 Å². The Hall–Kier alpha value is -1.30. The third-order valence-electron chi connectivity index (χ3n) is 1.75. The minimum Gasteiger partial charge on any atom is -0.468 e. The standard InChI is InChI=1S/C10H11F2NO2S/c1-15-9(14)6-13-7-4-2-3-5-8(7)16-10(11)12/h2-5,10,13H,6H2,1H3. The van der Waals surface area contributed by atoms with E-state index in [0.717, 1.165) is 0 Å². The Morgan fingerprint density at radius 2 is 2.19 bits per heavy atom. The number of esters is 1. The predicted molar refractivity (Wildman–Crippen MR) is 58.8 cm³/mol. The van der Waals surface area contributed by atoms with E-state index >= 15 is 0 Å². The number of anilines is 1. The quantitative estimate of drug-likeness (QED) is 0.641. The summed E-state index contributed by atoms with van der Waals surface area (Å²) in [6.45, 7) is -0.0443. The van der Waals surface area contributed by atoms with Crippen molar-refractivity contribution in [1.29, 1.82) is 0 Å². The summed E-state index contributed by atoms with van der Waals surface area (Å²) < 4.78 is 28.9. The normalized spacial score (nSPS) is 10.2. The minimum absolute atomic E-state index is 0.0443. The lowest BCUT2D eigenvalue weighted by Crippen LogP contribution is -2.15. The Balaban J connectivity index is 2.67. The number of nitrogens with one attached hydrogen (secondary N) is 1. The van der Waals surface area contributed by atoms with Gasteiger partial charge < -0.3 is 10.1 Å². The fourth-order valence-corrected chi connectivity index (χ4v) is 1.67. The van der Waals surface area contributed by atoms with Crippen LogP contribution < -0.4 is 5.32 Å². The zero-order valence-electron chi connectivity index (χ0n) is 8.57. The lowest BCUT2D eigenvalue weighted by Gasteiger charge is -2.09. The molecule has 1 aromatic rings. The molecule has 0 heterocycles. The Bertz CT molecular complexity index is 360. The number of rotatable bonds is 5. The van der Waals surface area contributed by atoms with Gasteiger partial charge in [0.15, 0.2) is 0 Å². The van der Waals surface area contributed by atoms with Gasteiger partial charge in [-0.1, -0.05) is 23.9 Å². The number of benzene rings is 1. The molecule has 0 saturated heterocycles. The zero-order valence-corrected chi connectivity index (χ0v) is 9.39. The van der Waals surface area contributed by atoms with Crippen LogP contribution in [0, 0.1) is 0 Å². The maximum atomic E-state index is 12.2. The maximum Gasteiger partial charge on any atom is 0.325 e. The van der Waals surface area contributed by atoms with Crippen LogP contribution >= 0.6 is 11.8 Å². The van der Waals surface area contributed by atoms with Gasteiger partial charge in [-0.25, -0.2) is 0 Å². The highest BCUT2D eigenvalue weighted by Gasteiger charge is 2.10. The van der Waals surface area contributed by atoms with Gasteiger partial charge >= 0.3 is 5.97 Å². The van der Waals surface area contributed by atoms with Crippen molar-refractivity contribution in [1.82, 2.24) is 0 Å². The Labute approximate surface area is 96.2 Å². The summed E-state index contributed by atoms with van der Waals surface area (Å²) in [5.74, 6) is -2.93. The van der Waals surface area contributed by atoms with Crippen molar-refractivity contribution in [2.45, 2.75) is 10.7 Å². The molecule has 16 heavy (non-hydrogen) atoms. The molecule has 0 aliphatic carbocycles. The second-order valence-corrected chi connectivity index (χ2v) is 3.84. The monoisotopic (exact) mass is 247 g/mol. The molecule has 0 aromatic heterocycles. The van der Waals surface area contributed by atoms with Crippen LogP contribution in [-0.2, 0) is 9.53 Å². The van der Waals surface area contributed by atoms with Crippen molar-refractivity contribution in [3.8, 4) is 0 Å². The third kappa shape index (κ3) is 4.06. The van der Waals surface area contributed by atoms with E-state index in [1.54, 1.807) is 24.3 Å². The Morgan fingerprint density at radius 3 is 2.81 bits per heavy atom. The number of para-hydroxylation sites is 1. The third-order valence-corrected chi connectivity index (χ3v) is 2.54. The summed E-state index contributed by atoms with van der Waals surface area (Å²) >= 11 is 0.436. The van der Waals surface area contributed by atoms with Crippen molar-refractivity contribution in [2.24, 2.45) is 0 Å². The largest absolute Gasteiger partial charge is 0.468 e. The average Bonchev–Trinajstić information content (AvgIpc) is 2.26. The molecule has 1 rings (SSSR count). The van der Waals surface area contributed by atoms with Gasteiger partial charge in [-0.2, -0.15) is 8.78 Å². The van der Waals surface area contributed by atoms with Crippen LogP contribution in [0.25, 0.3) is 0 Å². The number of methoxy groups -OCH3 is 1. The molecule has 6 heteroatoms. The first-order chi connectivity index (χ1) is 7.63. The lowest BCUT2D eigenvalue weighted by atomic mass is 10.3. The molecular formula is C10H11F2NO2S. The molecule has 0 aliphatic heterocycles. The number of halogens is 2. The fourth-order valence-electron chi connectivity index (χ4n) is 1.05. The van der Waals surface area contributed by atoms with Crippen molar-refractivity contribution < 1.29 is 18.3 Å². The number of ether oxygens (including phenoxy) is 1. The second-order valence-electron chi connectivity index (χ2n) is 2.80. The summed E-state index contributed by atoms with van der Waals surface area (Å²) in [7, 11) is 1.27. The van der Waals surface area contributed by atoms with Gasteiger partial charge in [-0.05, 0) is 12.1 Å². The highest BCUT2D eigenvalue weighted by atomic mass is 32.2. The topological polar surface area (TPSA) is 38.3 Å². The summed E-state index contributed by atoms with van der Waals surface area (Å²) in [5.41, 5.74) is 0.498. The first kappa shape index (κ1) is 12.8. The molecule has 0 atom stereocenters. The van der Waals surface area contributed by atoms with Crippen molar-refractivity contribution >= 4 is 23.4 Å². The highest BCUT2D eigenvalue weighted by Crippen LogP contribution is 2.31. The van der Waals surface area contributed by atoms with E-state index in [4.69, 9.17) is 0 Å². The summed E-state index contributed by atoms with van der Waals surface area (Å²) in [6, 6.07) is 6.56. The van der Waals surface area contributed by atoms with Gasteiger partial charge in [0, 0.05) is 10.6 Å². The number of hydrogen-bond donors (Lipinski definition) is 1. The van der Waals surface area contributed by atoms with Gasteiger partial charge in [0.1, 0.15) is 6.54 Å². The molecule has 88 valence electrons. The van der Waals surface area contributed by atoms with Gasteiger partial charge in [0.05, 0.1) is 7.11 Å². The minimum atomic E-state index is -2.49. The van der Waals surface area contributed by atoms with E-state index in [2.05, 4.69) is 10.1 Å². The van der Waals surface area contributed by atoms with Gasteiger partial charge in [0.25, 0.3) is 5.76 Å². The molecule has 1 N–H and O–H groups in total. The predicted octanol–water partition coefficient (Wildman–Crippen LogP) is 2.59. The SMILES string of the molecule is COC(=O)CNc1ccccc1SC(F)F. The molecule has 0 amide bonds. The highest BCUT2D eigenvalue weighted by molar-refractivity contribution is 7.99. The van der Waals surface area contributed by atoms with Crippen LogP contribution in [0.1, 0.15) is 0 Å². The lowest BCUT2D eigenvalue weighted by molar-refractivity contribution is -0.138. The average molecular weight is 247 g/mol.